The van der Waals surface area contributed by atoms with Crippen LogP contribution in [0.2, 0.25) is 0 Å². The fourth-order valence-corrected chi connectivity index (χ4v) is 4.29. The number of nitrogens with zero attached hydrogens (tertiary/aromatic N) is 3. The molecule has 1 N–H and O–H groups in total. The molecule has 1 aromatic rings. The molecular formula is C16H24N4O3S. The lowest BCUT2D eigenvalue weighted by Gasteiger charge is -2.34. The number of hydrogen-bond acceptors (Lipinski definition) is 6. The molecule has 2 unspecified atom stereocenters. The fraction of sp³-hybridized carbons (Fsp3) is 0.688. The molecular weight excluding hydrogens is 328 g/mol. The first-order valence-corrected chi connectivity index (χ1v) is 9.56. The fourth-order valence-electron chi connectivity index (χ4n) is 3.23. The second-order valence-electron chi connectivity index (χ2n) is 6.19. The molecule has 2 saturated heterocycles. The highest BCUT2D eigenvalue weighted by molar-refractivity contribution is 7.99. The quantitative estimate of drug-likeness (QED) is 0.813. The molecule has 24 heavy (non-hydrogen) atoms. The summed E-state index contributed by atoms with van der Waals surface area (Å²) in [6.45, 7) is 2.58. The van der Waals surface area contributed by atoms with Gasteiger partial charge in [-0.05, 0) is 25.5 Å². The van der Waals surface area contributed by atoms with Gasteiger partial charge < -0.3 is 15.0 Å². The van der Waals surface area contributed by atoms with Crippen molar-refractivity contribution < 1.29 is 14.3 Å². The van der Waals surface area contributed by atoms with Crippen LogP contribution in [0.5, 0.6) is 0 Å². The number of nitrogens with one attached hydrogen (secondary N) is 1. The van der Waals surface area contributed by atoms with E-state index in [4.69, 9.17) is 4.74 Å². The van der Waals surface area contributed by atoms with E-state index in [0.29, 0.717) is 18.3 Å². The average molecular weight is 352 g/mol. The lowest BCUT2D eigenvalue weighted by Crippen LogP contribution is -2.47. The second kappa shape index (κ2) is 8.02. The molecule has 2 aliphatic heterocycles. The Morgan fingerprint density at radius 3 is 3.12 bits per heavy atom. The van der Waals surface area contributed by atoms with Crippen LogP contribution in [0, 0.1) is 0 Å². The van der Waals surface area contributed by atoms with Crippen LogP contribution >= 0.6 is 11.8 Å². The first-order chi connectivity index (χ1) is 11.7. The molecule has 132 valence electrons. The maximum atomic E-state index is 12.8. The van der Waals surface area contributed by atoms with Gasteiger partial charge in [-0.25, -0.2) is 0 Å². The van der Waals surface area contributed by atoms with Crippen LogP contribution in [0.15, 0.2) is 12.3 Å². The molecule has 0 aromatic carbocycles. The van der Waals surface area contributed by atoms with Gasteiger partial charge in [-0.2, -0.15) is 16.9 Å². The topological polar surface area (TPSA) is 76.5 Å². The minimum absolute atomic E-state index is 0.0910. The Bertz CT molecular complexity index is 586. The number of aromatic nitrogens is 2. The van der Waals surface area contributed by atoms with Gasteiger partial charge in [-0.3, -0.25) is 14.3 Å². The highest BCUT2D eigenvalue weighted by atomic mass is 32.2. The van der Waals surface area contributed by atoms with Crippen molar-refractivity contribution in [1.29, 1.82) is 0 Å². The molecule has 0 spiro atoms. The van der Waals surface area contributed by atoms with Crippen molar-refractivity contribution in [3.05, 3.63) is 18.0 Å². The molecule has 1 aromatic heterocycles. The zero-order valence-corrected chi connectivity index (χ0v) is 14.8. The molecule has 0 bridgehead atoms. The first kappa shape index (κ1) is 17.3. The number of hydrogen-bond donors (Lipinski definition) is 1. The second-order valence-corrected chi connectivity index (χ2v) is 7.34. The van der Waals surface area contributed by atoms with Crippen molar-refractivity contribution in [1.82, 2.24) is 20.0 Å². The number of esters is 1. The Balaban J connectivity index is 1.69. The molecule has 1 amide bonds. The summed E-state index contributed by atoms with van der Waals surface area (Å²) in [6, 6.07) is 1.97. The molecule has 7 nitrogen and oxygen atoms in total. The number of thioether (sulfide) groups is 1. The van der Waals surface area contributed by atoms with E-state index in [1.165, 1.54) is 7.11 Å². The number of rotatable bonds is 4. The van der Waals surface area contributed by atoms with E-state index in [9.17, 15) is 9.59 Å². The van der Waals surface area contributed by atoms with Crippen molar-refractivity contribution in [2.45, 2.75) is 31.3 Å². The maximum Gasteiger partial charge on any atom is 0.307 e. The molecule has 2 fully saturated rings. The Kier molecular flexibility index (Phi) is 5.78. The predicted molar refractivity (Wildman–Crippen MR) is 92.2 cm³/mol. The number of piperidine rings is 1. The first-order valence-electron chi connectivity index (χ1n) is 8.40. The Labute approximate surface area is 146 Å². The number of carbonyl (C=O) groups is 2. The lowest BCUT2D eigenvalue weighted by molar-refractivity contribution is -0.141. The molecule has 3 rings (SSSR count). The van der Waals surface area contributed by atoms with Gasteiger partial charge in [-0.1, -0.05) is 0 Å². The number of carbonyl (C=O) groups excluding carboxylic acids is 2. The number of amides is 1. The maximum absolute atomic E-state index is 12.8. The van der Waals surface area contributed by atoms with Gasteiger partial charge in [0.2, 0.25) is 0 Å². The van der Waals surface area contributed by atoms with E-state index in [1.807, 2.05) is 10.9 Å². The van der Waals surface area contributed by atoms with Crippen molar-refractivity contribution in [2.75, 3.05) is 38.2 Å². The Morgan fingerprint density at radius 2 is 2.38 bits per heavy atom. The summed E-state index contributed by atoms with van der Waals surface area (Å²) in [5.74, 6) is 1.27. The van der Waals surface area contributed by atoms with Gasteiger partial charge in [0, 0.05) is 30.8 Å². The van der Waals surface area contributed by atoms with Crippen LogP contribution in [0.1, 0.15) is 35.8 Å². The summed E-state index contributed by atoms with van der Waals surface area (Å²) in [5.41, 5.74) is 0.460. The van der Waals surface area contributed by atoms with Crippen LogP contribution in [0.4, 0.5) is 0 Å². The Hall–Kier alpha value is -1.54. The van der Waals surface area contributed by atoms with Crippen LogP contribution < -0.4 is 5.32 Å². The van der Waals surface area contributed by atoms with Gasteiger partial charge in [0.25, 0.3) is 5.91 Å². The highest BCUT2D eigenvalue weighted by Gasteiger charge is 2.31. The van der Waals surface area contributed by atoms with Crippen molar-refractivity contribution >= 4 is 23.6 Å². The molecule has 8 heteroatoms. The van der Waals surface area contributed by atoms with Gasteiger partial charge in [0.1, 0.15) is 5.69 Å². The van der Waals surface area contributed by atoms with Gasteiger partial charge in [-0.15, -0.1) is 0 Å². The van der Waals surface area contributed by atoms with E-state index in [-0.39, 0.29) is 24.3 Å². The van der Waals surface area contributed by atoms with E-state index in [2.05, 4.69) is 10.4 Å². The molecule has 2 atom stereocenters. The summed E-state index contributed by atoms with van der Waals surface area (Å²) < 4.78 is 6.65. The smallest absolute Gasteiger partial charge is 0.307 e. The van der Waals surface area contributed by atoms with Gasteiger partial charge >= 0.3 is 5.97 Å². The summed E-state index contributed by atoms with van der Waals surface area (Å²) in [5, 5.41) is 7.87. The summed E-state index contributed by atoms with van der Waals surface area (Å²) in [7, 11) is 1.38. The van der Waals surface area contributed by atoms with Crippen LogP contribution in [-0.4, -0.2) is 70.8 Å². The van der Waals surface area contributed by atoms with E-state index in [0.717, 1.165) is 37.4 Å². The van der Waals surface area contributed by atoms with Crippen LogP contribution in [0.3, 0.4) is 0 Å². The van der Waals surface area contributed by atoms with Crippen molar-refractivity contribution in [2.24, 2.45) is 0 Å². The zero-order chi connectivity index (χ0) is 16.9. The minimum atomic E-state index is -0.279. The largest absolute Gasteiger partial charge is 0.469 e. The zero-order valence-electron chi connectivity index (χ0n) is 13.9. The molecule has 0 aliphatic carbocycles. The number of ether oxygens (including phenoxy) is 1. The SMILES string of the molecule is COC(=O)CC1CSCCN1C(=O)c1ccn(C2CCCNC2)n1. The van der Waals surface area contributed by atoms with Crippen molar-refractivity contribution in [3.63, 3.8) is 0 Å². The summed E-state index contributed by atoms with van der Waals surface area (Å²) in [4.78, 5) is 26.2. The van der Waals surface area contributed by atoms with Gasteiger partial charge in [0.15, 0.2) is 0 Å². The monoisotopic (exact) mass is 352 g/mol. The third-order valence-electron chi connectivity index (χ3n) is 4.59. The standard InChI is InChI=1S/C16H24N4O3S/c1-23-15(21)9-13-11-24-8-7-19(13)16(22)14-4-6-20(18-14)12-3-2-5-17-10-12/h4,6,12-13,17H,2-3,5,7-11H2,1H3. The van der Waals surface area contributed by atoms with Crippen molar-refractivity contribution in [3.8, 4) is 0 Å². The molecule has 0 saturated carbocycles. The molecule has 3 heterocycles. The van der Waals surface area contributed by atoms with E-state index in [1.54, 1.807) is 22.7 Å². The van der Waals surface area contributed by atoms with Crippen LogP contribution in [-0.2, 0) is 9.53 Å². The average Bonchev–Trinajstić information content (AvgIpc) is 3.12. The van der Waals surface area contributed by atoms with Gasteiger partial charge in [0.05, 0.1) is 25.6 Å². The normalized spacial score (nSPS) is 24.6. The molecule has 0 radical (unpaired) electrons. The van der Waals surface area contributed by atoms with E-state index < -0.39 is 0 Å². The van der Waals surface area contributed by atoms with E-state index >= 15 is 0 Å². The Morgan fingerprint density at radius 1 is 1.50 bits per heavy atom. The van der Waals surface area contributed by atoms with Crippen LogP contribution in [0.25, 0.3) is 0 Å². The molecule has 2 aliphatic rings. The predicted octanol–water partition coefficient (Wildman–Crippen LogP) is 0.928. The third kappa shape index (κ3) is 3.92. The number of methoxy groups -OCH3 is 1. The highest BCUT2D eigenvalue weighted by Crippen LogP contribution is 2.22. The lowest BCUT2D eigenvalue weighted by atomic mass is 10.1. The summed E-state index contributed by atoms with van der Waals surface area (Å²) >= 11 is 1.76. The summed E-state index contributed by atoms with van der Waals surface area (Å²) in [6.07, 6.45) is 4.33. The minimum Gasteiger partial charge on any atom is -0.469 e. The third-order valence-corrected chi connectivity index (χ3v) is 5.68.